The maximum Gasteiger partial charge on any atom is 0.222 e. The van der Waals surface area contributed by atoms with Crippen molar-refractivity contribution in [1.82, 2.24) is 4.90 Å². The van der Waals surface area contributed by atoms with Gasteiger partial charge in [0.15, 0.2) is 9.84 Å². The van der Waals surface area contributed by atoms with E-state index in [1.807, 2.05) is 13.8 Å². The molecular formula is C18H27NO3S. The zero-order chi connectivity index (χ0) is 17.2. The van der Waals surface area contributed by atoms with Crippen LogP contribution in [0.15, 0.2) is 18.2 Å². The molecule has 0 aliphatic carbocycles. The summed E-state index contributed by atoms with van der Waals surface area (Å²) in [5.74, 6) is 0.399. The van der Waals surface area contributed by atoms with Crippen molar-refractivity contribution in [2.45, 2.75) is 45.8 Å². The van der Waals surface area contributed by atoms with Gasteiger partial charge in [-0.1, -0.05) is 32.0 Å². The minimum atomic E-state index is -3.06. The van der Waals surface area contributed by atoms with E-state index in [0.717, 1.165) is 5.56 Å². The van der Waals surface area contributed by atoms with Crippen molar-refractivity contribution in [2.24, 2.45) is 5.92 Å². The van der Waals surface area contributed by atoms with Gasteiger partial charge in [-0.25, -0.2) is 8.42 Å². The largest absolute Gasteiger partial charge is 0.340 e. The lowest BCUT2D eigenvalue weighted by molar-refractivity contribution is -0.134. The number of hydrogen-bond donors (Lipinski definition) is 0. The zero-order valence-corrected chi connectivity index (χ0v) is 15.3. The van der Waals surface area contributed by atoms with Gasteiger partial charge >= 0.3 is 0 Å². The van der Waals surface area contributed by atoms with Crippen molar-refractivity contribution in [2.75, 3.05) is 18.8 Å². The van der Waals surface area contributed by atoms with E-state index in [0.29, 0.717) is 25.9 Å². The molecule has 0 bridgehead atoms. The molecule has 1 aromatic carbocycles. The Morgan fingerprint density at radius 2 is 1.87 bits per heavy atom. The molecule has 0 radical (unpaired) electrons. The molecule has 128 valence electrons. The Morgan fingerprint density at radius 1 is 1.22 bits per heavy atom. The summed E-state index contributed by atoms with van der Waals surface area (Å²) in [5.41, 5.74) is 3.64. The number of aryl methyl sites for hydroxylation is 3. The summed E-state index contributed by atoms with van der Waals surface area (Å²) in [6, 6.07) is 6.25. The number of amides is 1. The predicted octanol–water partition coefficient (Wildman–Crippen LogP) is 2.52. The first-order valence-electron chi connectivity index (χ1n) is 8.24. The maximum absolute atomic E-state index is 12.2. The van der Waals surface area contributed by atoms with Gasteiger partial charge < -0.3 is 4.90 Å². The Kier molecular flexibility index (Phi) is 5.50. The average molecular weight is 337 g/mol. The van der Waals surface area contributed by atoms with Gasteiger partial charge in [0.25, 0.3) is 0 Å². The molecule has 5 heteroatoms. The van der Waals surface area contributed by atoms with Crippen LogP contribution in [-0.4, -0.2) is 43.3 Å². The van der Waals surface area contributed by atoms with E-state index >= 15 is 0 Å². The highest BCUT2D eigenvalue weighted by atomic mass is 32.2. The van der Waals surface area contributed by atoms with Crippen molar-refractivity contribution < 1.29 is 13.2 Å². The van der Waals surface area contributed by atoms with Crippen LogP contribution in [0.25, 0.3) is 0 Å². The molecule has 0 N–H and O–H groups in total. The monoisotopic (exact) mass is 337 g/mol. The Hall–Kier alpha value is -1.36. The van der Waals surface area contributed by atoms with E-state index in [1.165, 1.54) is 11.1 Å². The Bertz CT molecular complexity index is 674. The molecule has 1 fully saturated rings. The number of carbonyl (C=O) groups is 1. The van der Waals surface area contributed by atoms with E-state index in [2.05, 4.69) is 32.0 Å². The van der Waals surface area contributed by atoms with Gasteiger partial charge in [0.2, 0.25) is 5.91 Å². The fraction of sp³-hybridized carbons (Fsp3) is 0.611. The number of nitrogens with zero attached hydrogens (tertiary/aromatic N) is 1. The van der Waals surface area contributed by atoms with Crippen LogP contribution in [0.1, 0.15) is 37.0 Å². The van der Waals surface area contributed by atoms with Crippen molar-refractivity contribution in [3.8, 4) is 0 Å². The molecule has 0 spiro atoms. The van der Waals surface area contributed by atoms with Crippen molar-refractivity contribution in [1.29, 1.82) is 0 Å². The molecule has 0 unspecified atom stereocenters. The van der Waals surface area contributed by atoms with Gasteiger partial charge in [-0.2, -0.15) is 0 Å². The number of likely N-dealkylation sites (tertiary alicyclic amines) is 1. The van der Waals surface area contributed by atoms with Gasteiger partial charge in [0.1, 0.15) is 0 Å². The number of sulfone groups is 1. The lowest BCUT2D eigenvalue weighted by atomic mass is 10.0. The van der Waals surface area contributed by atoms with Crippen LogP contribution in [0.3, 0.4) is 0 Å². The molecular weight excluding hydrogens is 310 g/mol. The van der Waals surface area contributed by atoms with Gasteiger partial charge in [0, 0.05) is 19.5 Å². The topological polar surface area (TPSA) is 54.5 Å². The Balaban J connectivity index is 1.81. The van der Waals surface area contributed by atoms with E-state index in [4.69, 9.17) is 0 Å². The third kappa shape index (κ3) is 4.56. The van der Waals surface area contributed by atoms with Gasteiger partial charge in [-0.05, 0) is 42.9 Å². The number of benzene rings is 1. The van der Waals surface area contributed by atoms with Crippen LogP contribution in [0.5, 0.6) is 0 Å². The molecule has 1 aliphatic rings. The summed E-state index contributed by atoms with van der Waals surface area (Å²) < 4.78 is 24.2. The van der Waals surface area contributed by atoms with E-state index in [1.54, 1.807) is 4.90 Å². The first-order valence-corrected chi connectivity index (χ1v) is 9.96. The van der Waals surface area contributed by atoms with Gasteiger partial charge in [-0.3, -0.25) is 4.79 Å². The predicted molar refractivity (Wildman–Crippen MR) is 93.2 cm³/mol. The Morgan fingerprint density at radius 3 is 2.43 bits per heavy atom. The van der Waals surface area contributed by atoms with Crippen molar-refractivity contribution in [3.05, 3.63) is 34.9 Å². The quantitative estimate of drug-likeness (QED) is 0.801. The van der Waals surface area contributed by atoms with E-state index < -0.39 is 9.84 Å². The summed E-state index contributed by atoms with van der Waals surface area (Å²) in [5, 5.41) is -0.365. The number of carbonyl (C=O) groups excluding carboxylic acids is 1. The van der Waals surface area contributed by atoms with Crippen LogP contribution in [0.2, 0.25) is 0 Å². The third-order valence-electron chi connectivity index (χ3n) is 4.47. The SMILES string of the molecule is Cc1ccc(CCC(=O)N2CC(S(=O)(=O)CC(C)C)C2)cc1C. The summed E-state index contributed by atoms with van der Waals surface area (Å²) in [6.07, 6.45) is 1.15. The summed E-state index contributed by atoms with van der Waals surface area (Å²) in [7, 11) is -3.06. The smallest absolute Gasteiger partial charge is 0.222 e. The minimum absolute atomic E-state index is 0.0548. The highest BCUT2D eigenvalue weighted by Crippen LogP contribution is 2.20. The number of hydrogen-bond acceptors (Lipinski definition) is 3. The third-order valence-corrected chi connectivity index (χ3v) is 6.92. The van der Waals surface area contributed by atoms with E-state index in [9.17, 15) is 13.2 Å². The summed E-state index contributed by atoms with van der Waals surface area (Å²) >= 11 is 0. The first-order chi connectivity index (χ1) is 10.7. The molecule has 1 aromatic rings. The molecule has 23 heavy (non-hydrogen) atoms. The maximum atomic E-state index is 12.2. The molecule has 1 amide bonds. The normalized spacial score (nSPS) is 15.8. The fourth-order valence-electron chi connectivity index (χ4n) is 2.84. The van der Waals surface area contributed by atoms with Gasteiger partial charge in [-0.15, -0.1) is 0 Å². The van der Waals surface area contributed by atoms with Crippen LogP contribution in [-0.2, 0) is 21.1 Å². The lowest BCUT2D eigenvalue weighted by Crippen LogP contribution is -2.57. The first kappa shape index (κ1) is 18.0. The van der Waals surface area contributed by atoms with Crippen LogP contribution in [0.4, 0.5) is 0 Å². The van der Waals surface area contributed by atoms with Crippen molar-refractivity contribution >= 4 is 15.7 Å². The standard InChI is InChI=1S/C18H27NO3S/c1-13(2)12-23(21,22)17-10-19(11-17)18(20)8-7-16-6-5-14(3)15(4)9-16/h5-6,9,13,17H,7-8,10-12H2,1-4H3. The average Bonchev–Trinajstić information content (AvgIpc) is 2.36. The molecule has 0 saturated carbocycles. The van der Waals surface area contributed by atoms with E-state index in [-0.39, 0.29) is 22.8 Å². The summed E-state index contributed by atoms with van der Waals surface area (Å²) in [4.78, 5) is 13.8. The second-order valence-electron chi connectivity index (χ2n) is 7.06. The molecule has 0 aromatic heterocycles. The van der Waals surface area contributed by atoms with Gasteiger partial charge in [0.05, 0.1) is 11.0 Å². The molecule has 2 rings (SSSR count). The van der Waals surface area contributed by atoms with Crippen LogP contribution >= 0.6 is 0 Å². The summed E-state index contributed by atoms with van der Waals surface area (Å²) in [6.45, 7) is 8.68. The number of rotatable bonds is 6. The second kappa shape index (κ2) is 7.04. The van der Waals surface area contributed by atoms with Crippen LogP contribution < -0.4 is 0 Å². The Labute approximate surface area is 139 Å². The molecule has 1 aliphatic heterocycles. The molecule has 4 nitrogen and oxygen atoms in total. The highest BCUT2D eigenvalue weighted by Gasteiger charge is 2.39. The fourth-order valence-corrected chi connectivity index (χ4v) is 4.85. The highest BCUT2D eigenvalue weighted by molar-refractivity contribution is 7.92. The minimum Gasteiger partial charge on any atom is -0.340 e. The molecule has 1 saturated heterocycles. The molecule has 1 heterocycles. The van der Waals surface area contributed by atoms with Crippen LogP contribution in [0, 0.1) is 19.8 Å². The zero-order valence-electron chi connectivity index (χ0n) is 14.5. The van der Waals surface area contributed by atoms with Crippen molar-refractivity contribution in [3.63, 3.8) is 0 Å². The molecule has 0 atom stereocenters. The lowest BCUT2D eigenvalue weighted by Gasteiger charge is -2.39. The second-order valence-corrected chi connectivity index (χ2v) is 9.39.